The van der Waals surface area contributed by atoms with Gasteiger partial charge in [-0.15, -0.1) is 0 Å². The number of nitrogen functional groups attached to an aromatic ring is 1. The second-order valence-electron chi connectivity index (χ2n) is 6.16. The van der Waals surface area contributed by atoms with Crippen molar-refractivity contribution in [1.82, 2.24) is 9.69 Å². The Balaban J connectivity index is 2.17. The molecular weight excluding hydrogens is 288 g/mol. The van der Waals surface area contributed by atoms with Gasteiger partial charge in [0.15, 0.2) is 5.82 Å². The van der Waals surface area contributed by atoms with E-state index in [9.17, 15) is 9.90 Å². The number of carbonyl (C=O) groups excluding carboxylic acids is 1. The zero-order valence-corrected chi connectivity index (χ0v) is 13.7. The SMILES string of the molecule is CC(C)NC(=O)c1c(N)nsc1N(C)CC1(O)CCCC1. The fourth-order valence-electron chi connectivity index (χ4n) is 2.81. The van der Waals surface area contributed by atoms with Gasteiger partial charge in [-0.05, 0) is 38.2 Å². The number of aliphatic hydroxyl groups is 1. The molecule has 0 spiro atoms. The Labute approximate surface area is 129 Å². The van der Waals surface area contributed by atoms with Crippen LogP contribution < -0.4 is 16.0 Å². The maximum atomic E-state index is 12.3. The first-order valence-corrected chi connectivity index (χ1v) is 8.09. The number of carbonyl (C=O) groups is 1. The van der Waals surface area contributed by atoms with Gasteiger partial charge in [-0.2, -0.15) is 4.37 Å². The Morgan fingerprint density at radius 3 is 2.71 bits per heavy atom. The van der Waals surface area contributed by atoms with E-state index < -0.39 is 5.60 Å². The number of hydrogen-bond acceptors (Lipinski definition) is 6. The van der Waals surface area contributed by atoms with E-state index in [0.717, 1.165) is 25.7 Å². The van der Waals surface area contributed by atoms with Crippen LogP contribution in [0.25, 0.3) is 0 Å². The highest BCUT2D eigenvalue weighted by atomic mass is 32.1. The van der Waals surface area contributed by atoms with Crippen LogP contribution in [0.3, 0.4) is 0 Å². The first-order valence-electron chi connectivity index (χ1n) is 7.32. The average molecular weight is 312 g/mol. The summed E-state index contributed by atoms with van der Waals surface area (Å²) in [4.78, 5) is 14.2. The lowest BCUT2D eigenvalue weighted by Crippen LogP contribution is -2.40. The van der Waals surface area contributed by atoms with Gasteiger partial charge in [0.2, 0.25) is 0 Å². The molecule has 0 bridgehead atoms. The van der Waals surface area contributed by atoms with Gasteiger partial charge >= 0.3 is 0 Å². The summed E-state index contributed by atoms with van der Waals surface area (Å²) in [6, 6.07) is 0.0361. The lowest BCUT2D eigenvalue weighted by Gasteiger charge is -2.29. The van der Waals surface area contributed by atoms with Crippen LogP contribution in [0.5, 0.6) is 0 Å². The van der Waals surface area contributed by atoms with Gasteiger partial charge in [0.05, 0.1) is 5.60 Å². The Kier molecular flexibility index (Phi) is 4.73. The average Bonchev–Trinajstić information content (AvgIpc) is 2.94. The van der Waals surface area contributed by atoms with E-state index in [4.69, 9.17) is 5.73 Å². The van der Waals surface area contributed by atoms with Gasteiger partial charge < -0.3 is 21.1 Å². The van der Waals surface area contributed by atoms with Crippen molar-refractivity contribution in [2.75, 3.05) is 24.2 Å². The van der Waals surface area contributed by atoms with E-state index in [1.165, 1.54) is 11.5 Å². The molecular formula is C14H24N4O2S. The molecule has 118 valence electrons. The standard InChI is InChI=1S/C14H24N4O2S/c1-9(2)16-12(19)10-11(15)17-21-13(10)18(3)8-14(20)6-4-5-7-14/h9,20H,4-8H2,1-3H3,(H2,15,17)(H,16,19). The van der Waals surface area contributed by atoms with Gasteiger partial charge in [-0.25, -0.2) is 0 Å². The fraction of sp³-hybridized carbons (Fsp3) is 0.714. The maximum absolute atomic E-state index is 12.3. The minimum absolute atomic E-state index is 0.0361. The lowest BCUT2D eigenvalue weighted by atomic mass is 10.0. The predicted molar refractivity (Wildman–Crippen MR) is 85.8 cm³/mol. The zero-order valence-electron chi connectivity index (χ0n) is 12.8. The third-order valence-corrected chi connectivity index (χ3v) is 4.74. The van der Waals surface area contributed by atoms with Crippen molar-refractivity contribution < 1.29 is 9.90 Å². The number of nitrogens with two attached hydrogens (primary N) is 1. The normalized spacial score (nSPS) is 17.2. The largest absolute Gasteiger partial charge is 0.388 e. The molecule has 0 radical (unpaired) electrons. The van der Waals surface area contributed by atoms with Gasteiger partial charge in [-0.1, -0.05) is 12.8 Å². The molecule has 1 aromatic heterocycles. The van der Waals surface area contributed by atoms with Crippen molar-refractivity contribution in [2.45, 2.75) is 51.2 Å². The Morgan fingerprint density at radius 1 is 1.52 bits per heavy atom. The van der Waals surface area contributed by atoms with Crippen LogP contribution in [0.4, 0.5) is 10.8 Å². The highest BCUT2D eigenvalue weighted by molar-refractivity contribution is 7.11. The van der Waals surface area contributed by atoms with Crippen molar-refractivity contribution in [2.24, 2.45) is 0 Å². The third-order valence-electron chi connectivity index (χ3n) is 3.76. The number of hydrogen-bond donors (Lipinski definition) is 3. The summed E-state index contributed by atoms with van der Waals surface area (Å²) >= 11 is 1.20. The van der Waals surface area contributed by atoms with E-state index in [-0.39, 0.29) is 17.8 Å². The van der Waals surface area contributed by atoms with Crippen molar-refractivity contribution in [3.05, 3.63) is 5.56 Å². The van der Waals surface area contributed by atoms with Crippen molar-refractivity contribution in [1.29, 1.82) is 0 Å². The van der Waals surface area contributed by atoms with Gasteiger partial charge in [0, 0.05) is 19.6 Å². The van der Waals surface area contributed by atoms with Gasteiger partial charge in [-0.3, -0.25) is 4.79 Å². The van der Waals surface area contributed by atoms with Crippen LogP contribution in [0.2, 0.25) is 0 Å². The number of nitrogens with one attached hydrogen (secondary N) is 1. The zero-order chi connectivity index (χ0) is 15.6. The van der Waals surface area contributed by atoms with E-state index in [1.807, 2.05) is 25.8 Å². The van der Waals surface area contributed by atoms with E-state index >= 15 is 0 Å². The summed E-state index contributed by atoms with van der Waals surface area (Å²) in [7, 11) is 1.87. The minimum atomic E-state index is -0.667. The summed E-state index contributed by atoms with van der Waals surface area (Å²) in [5.74, 6) is 0.0370. The Morgan fingerprint density at radius 2 is 2.14 bits per heavy atom. The second kappa shape index (κ2) is 6.19. The topological polar surface area (TPSA) is 91.5 Å². The molecule has 1 fully saturated rings. The molecule has 0 saturated heterocycles. The number of rotatable bonds is 5. The third kappa shape index (κ3) is 3.65. The molecule has 0 atom stereocenters. The lowest BCUT2D eigenvalue weighted by molar-refractivity contribution is 0.0559. The van der Waals surface area contributed by atoms with Gasteiger partial charge in [0.25, 0.3) is 5.91 Å². The van der Waals surface area contributed by atoms with Crippen molar-refractivity contribution in [3.8, 4) is 0 Å². The summed E-state index contributed by atoms with van der Waals surface area (Å²) in [6.07, 6.45) is 3.71. The number of anilines is 2. The molecule has 21 heavy (non-hydrogen) atoms. The quantitative estimate of drug-likeness (QED) is 0.768. The molecule has 0 aliphatic heterocycles. The monoisotopic (exact) mass is 312 g/mol. The molecule has 2 rings (SSSR count). The first kappa shape index (κ1) is 16.0. The summed E-state index contributed by atoms with van der Waals surface area (Å²) in [6.45, 7) is 4.30. The Bertz CT molecular complexity index is 509. The maximum Gasteiger partial charge on any atom is 0.258 e. The molecule has 1 aliphatic carbocycles. The molecule has 7 heteroatoms. The van der Waals surface area contributed by atoms with Crippen LogP contribution in [0, 0.1) is 0 Å². The highest BCUT2D eigenvalue weighted by Crippen LogP contribution is 2.35. The van der Waals surface area contributed by atoms with Crippen LogP contribution in [-0.2, 0) is 0 Å². The van der Waals surface area contributed by atoms with Crippen molar-refractivity contribution >= 4 is 28.3 Å². The number of amides is 1. The fourth-order valence-corrected chi connectivity index (χ4v) is 3.57. The molecule has 0 aromatic carbocycles. The number of nitrogens with zero attached hydrogens (tertiary/aromatic N) is 2. The molecule has 0 unspecified atom stereocenters. The molecule has 1 heterocycles. The van der Waals surface area contributed by atoms with Crippen LogP contribution in [-0.4, -0.2) is 40.6 Å². The molecule has 4 N–H and O–H groups in total. The van der Waals surface area contributed by atoms with Crippen molar-refractivity contribution in [3.63, 3.8) is 0 Å². The summed E-state index contributed by atoms with van der Waals surface area (Å²) < 4.78 is 4.10. The van der Waals surface area contributed by atoms with E-state index in [1.54, 1.807) is 0 Å². The number of likely N-dealkylation sites (N-methyl/N-ethyl adjacent to an activating group) is 1. The van der Waals surface area contributed by atoms with E-state index in [2.05, 4.69) is 9.69 Å². The summed E-state index contributed by atoms with van der Waals surface area (Å²) in [5, 5.41) is 14.1. The van der Waals surface area contributed by atoms with Crippen LogP contribution >= 0.6 is 11.5 Å². The summed E-state index contributed by atoms with van der Waals surface area (Å²) in [5.41, 5.74) is 5.59. The predicted octanol–water partition coefficient (Wildman–Crippen LogP) is 1.60. The highest BCUT2D eigenvalue weighted by Gasteiger charge is 2.34. The molecule has 1 aliphatic rings. The van der Waals surface area contributed by atoms with Crippen LogP contribution in [0.1, 0.15) is 49.9 Å². The Hall–Kier alpha value is -1.34. The van der Waals surface area contributed by atoms with Gasteiger partial charge in [0.1, 0.15) is 10.6 Å². The minimum Gasteiger partial charge on any atom is -0.388 e. The van der Waals surface area contributed by atoms with Crippen LogP contribution in [0.15, 0.2) is 0 Å². The second-order valence-corrected chi connectivity index (χ2v) is 6.92. The number of aromatic nitrogens is 1. The smallest absolute Gasteiger partial charge is 0.258 e. The molecule has 1 aromatic rings. The first-order chi connectivity index (χ1) is 9.82. The van der Waals surface area contributed by atoms with E-state index in [0.29, 0.717) is 17.1 Å². The molecule has 6 nitrogen and oxygen atoms in total. The molecule has 1 saturated carbocycles. The molecule has 1 amide bonds.